The summed E-state index contributed by atoms with van der Waals surface area (Å²) < 4.78 is 0. The van der Waals surface area contributed by atoms with Crippen molar-refractivity contribution in [2.75, 3.05) is 20.1 Å². The van der Waals surface area contributed by atoms with E-state index in [9.17, 15) is 0 Å². The van der Waals surface area contributed by atoms with Gasteiger partial charge in [0, 0.05) is 31.9 Å². The number of likely N-dealkylation sites (tertiary alicyclic amines) is 1. The van der Waals surface area contributed by atoms with E-state index in [0.717, 1.165) is 31.2 Å². The van der Waals surface area contributed by atoms with E-state index < -0.39 is 0 Å². The van der Waals surface area contributed by atoms with E-state index in [1.165, 1.54) is 6.42 Å². The second kappa shape index (κ2) is 4.68. The van der Waals surface area contributed by atoms with Crippen molar-refractivity contribution >= 4 is 0 Å². The molecule has 1 fully saturated rings. The molecule has 4 heteroatoms. The van der Waals surface area contributed by atoms with Crippen LogP contribution in [0.2, 0.25) is 0 Å². The van der Waals surface area contributed by atoms with Crippen LogP contribution in [-0.2, 0) is 6.54 Å². The molecule has 4 nitrogen and oxygen atoms in total. The largest absolute Gasteiger partial charge is 0.316 e. The second-order valence-electron chi connectivity index (χ2n) is 4.10. The zero-order valence-electron chi connectivity index (χ0n) is 9.40. The summed E-state index contributed by atoms with van der Waals surface area (Å²) >= 11 is 0. The summed E-state index contributed by atoms with van der Waals surface area (Å²) in [5.74, 6) is 0.858. The molecular formula is C11H18N4. The Labute approximate surface area is 90.7 Å². The molecular weight excluding hydrogens is 188 g/mol. The van der Waals surface area contributed by atoms with E-state index in [0.29, 0.717) is 6.04 Å². The molecule has 15 heavy (non-hydrogen) atoms. The van der Waals surface area contributed by atoms with Crippen molar-refractivity contribution in [1.29, 1.82) is 0 Å². The Morgan fingerprint density at radius 2 is 2.47 bits per heavy atom. The van der Waals surface area contributed by atoms with Crippen molar-refractivity contribution in [2.24, 2.45) is 0 Å². The van der Waals surface area contributed by atoms with Gasteiger partial charge in [-0.25, -0.2) is 9.97 Å². The maximum Gasteiger partial charge on any atom is 0.125 e. The molecule has 2 rings (SSSR count). The monoisotopic (exact) mass is 206 g/mol. The van der Waals surface area contributed by atoms with Crippen LogP contribution in [0.4, 0.5) is 0 Å². The van der Waals surface area contributed by atoms with Crippen LogP contribution in [0, 0.1) is 6.92 Å². The molecule has 1 aromatic heterocycles. The minimum absolute atomic E-state index is 0.646. The molecule has 0 radical (unpaired) electrons. The van der Waals surface area contributed by atoms with Gasteiger partial charge in [-0.15, -0.1) is 0 Å². The maximum atomic E-state index is 4.41. The Morgan fingerprint density at radius 1 is 1.60 bits per heavy atom. The normalized spacial score (nSPS) is 22.1. The van der Waals surface area contributed by atoms with E-state index >= 15 is 0 Å². The third-order valence-electron chi connectivity index (χ3n) is 2.90. The zero-order chi connectivity index (χ0) is 10.7. The standard InChI is InChI=1S/C11H18N4/c1-9-13-5-3-11(14-9)8-15-6-4-10(7-15)12-2/h3,5,10,12H,4,6-8H2,1-2H3. The number of hydrogen-bond donors (Lipinski definition) is 1. The van der Waals surface area contributed by atoms with Crippen molar-refractivity contribution in [2.45, 2.75) is 25.9 Å². The summed E-state index contributed by atoms with van der Waals surface area (Å²) in [6.45, 7) is 5.17. The lowest BCUT2D eigenvalue weighted by atomic mass is 10.3. The lowest BCUT2D eigenvalue weighted by molar-refractivity contribution is 0.318. The first-order valence-corrected chi connectivity index (χ1v) is 5.46. The first kappa shape index (κ1) is 10.5. The second-order valence-corrected chi connectivity index (χ2v) is 4.10. The molecule has 0 saturated carbocycles. The Hall–Kier alpha value is -1.00. The Morgan fingerprint density at radius 3 is 3.13 bits per heavy atom. The van der Waals surface area contributed by atoms with Gasteiger partial charge >= 0.3 is 0 Å². The lowest BCUT2D eigenvalue weighted by Gasteiger charge is -2.15. The molecule has 0 amide bonds. The quantitative estimate of drug-likeness (QED) is 0.785. The van der Waals surface area contributed by atoms with E-state index in [2.05, 4.69) is 20.2 Å². The van der Waals surface area contributed by atoms with Crippen LogP contribution in [0.5, 0.6) is 0 Å². The number of likely N-dealkylation sites (N-methyl/N-ethyl adjacent to an activating group) is 1. The topological polar surface area (TPSA) is 41.0 Å². The van der Waals surface area contributed by atoms with E-state index in [4.69, 9.17) is 0 Å². The van der Waals surface area contributed by atoms with E-state index in [1.54, 1.807) is 0 Å². The number of nitrogens with one attached hydrogen (secondary N) is 1. The van der Waals surface area contributed by atoms with Gasteiger partial charge in [0.1, 0.15) is 5.82 Å². The van der Waals surface area contributed by atoms with Crippen molar-refractivity contribution in [3.05, 3.63) is 23.8 Å². The Balaban J connectivity index is 1.92. The number of rotatable bonds is 3. The summed E-state index contributed by atoms with van der Waals surface area (Å²) in [5, 5.41) is 3.32. The van der Waals surface area contributed by atoms with Crippen LogP contribution in [0.15, 0.2) is 12.3 Å². The van der Waals surface area contributed by atoms with Crippen molar-refractivity contribution < 1.29 is 0 Å². The number of nitrogens with zero attached hydrogens (tertiary/aromatic N) is 3. The summed E-state index contributed by atoms with van der Waals surface area (Å²) in [5.41, 5.74) is 1.12. The van der Waals surface area contributed by atoms with Crippen LogP contribution in [0.3, 0.4) is 0 Å². The minimum atomic E-state index is 0.646. The van der Waals surface area contributed by atoms with Gasteiger partial charge < -0.3 is 5.32 Å². The molecule has 0 bridgehead atoms. The van der Waals surface area contributed by atoms with Gasteiger partial charge in [0.2, 0.25) is 0 Å². The molecule has 0 spiro atoms. The van der Waals surface area contributed by atoms with Gasteiger partial charge in [-0.05, 0) is 26.5 Å². The highest BCUT2D eigenvalue weighted by molar-refractivity contribution is 5.02. The number of hydrogen-bond acceptors (Lipinski definition) is 4. The fourth-order valence-electron chi connectivity index (χ4n) is 2.03. The zero-order valence-corrected chi connectivity index (χ0v) is 9.40. The first-order chi connectivity index (χ1) is 7.28. The molecule has 0 aliphatic carbocycles. The molecule has 1 aromatic rings. The summed E-state index contributed by atoms with van der Waals surface area (Å²) in [7, 11) is 2.03. The van der Waals surface area contributed by atoms with Crippen LogP contribution in [0.1, 0.15) is 17.9 Å². The van der Waals surface area contributed by atoms with Gasteiger partial charge in [0.05, 0.1) is 5.69 Å². The average Bonchev–Trinajstić information content (AvgIpc) is 2.65. The highest BCUT2D eigenvalue weighted by Crippen LogP contribution is 2.11. The summed E-state index contributed by atoms with van der Waals surface area (Å²) in [4.78, 5) is 11.0. The van der Waals surface area contributed by atoms with Crippen molar-refractivity contribution in [3.8, 4) is 0 Å². The predicted octanol–water partition coefficient (Wildman–Crippen LogP) is 0.579. The number of aryl methyl sites for hydroxylation is 1. The van der Waals surface area contributed by atoms with E-state index in [-0.39, 0.29) is 0 Å². The highest BCUT2D eigenvalue weighted by Gasteiger charge is 2.20. The van der Waals surface area contributed by atoms with Gasteiger partial charge in [0.15, 0.2) is 0 Å². The number of aromatic nitrogens is 2. The van der Waals surface area contributed by atoms with Gasteiger partial charge in [-0.2, -0.15) is 0 Å². The summed E-state index contributed by atoms with van der Waals surface area (Å²) in [6, 6.07) is 2.65. The average molecular weight is 206 g/mol. The van der Waals surface area contributed by atoms with Crippen LogP contribution in [-0.4, -0.2) is 41.0 Å². The molecule has 1 aliphatic rings. The Kier molecular flexibility index (Phi) is 3.28. The fraction of sp³-hybridized carbons (Fsp3) is 0.636. The lowest BCUT2D eigenvalue weighted by Crippen LogP contribution is -2.29. The fourth-order valence-corrected chi connectivity index (χ4v) is 2.03. The van der Waals surface area contributed by atoms with Gasteiger partial charge in [0.25, 0.3) is 0 Å². The molecule has 2 heterocycles. The third-order valence-corrected chi connectivity index (χ3v) is 2.90. The van der Waals surface area contributed by atoms with Crippen molar-refractivity contribution in [1.82, 2.24) is 20.2 Å². The van der Waals surface area contributed by atoms with Crippen LogP contribution < -0.4 is 5.32 Å². The molecule has 1 N–H and O–H groups in total. The Bertz CT molecular complexity index is 326. The molecule has 82 valence electrons. The first-order valence-electron chi connectivity index (χ1n) is 5.46. The highest BCUT2D eigenvalue weighted by atomic mass is 15.2. The van der Waals surface area contributed by atoms with E-state index in [1.807, 2.05) is 26.2 Å². The molecule has 1 aliphatic heterocycles. The van der Waals surface area contributed by atoms with Crippen molar-refractivity contribution in [3.63, 3.8) is 0 Å². The van der Waals surface area contributed by atoms with Gasteiger partial charge in [-0.3, -0.25) is 4.90 Å². The molecule has 1 atom stereocenters. The minimum Gasteiger partial charge on any atom is -0.316 e. The molecule has 1 unspecified atom stereocenters. The SMILES string of the molecule is CNC1CCN(Cc2ccnc(C)n2)C1. The van der Waals surface area contributed by atoms with Crippen LogP contribution >= 0.6 is 0 Å². The maximum absolute atomic E-state index is 4.41. The predicted molar refractivity (Wildman–Crippen MR) is 59.5 cm³/mol. The summed E-state index contributed by atoms with van der Waals surface area (Å²) in [6.07, 6.45) is 3.07. The molecule has 0 aromatic carbocycles. The third kappa shape index (κ3) is 2.73. The van der Waals surface area contributed by atoms with Crippen LogP contribution in [0.25, 0.3) is 0 Å². The smallest absolute Gasteiger partial charge is 0.125 e. The molecule has 1 saturated heterocycles. The van der Waals surface area contributed by atoms with Gasteiger partial charge in [-0.1, -0.05) is 0 Å².